The van der Waals surface area contributed by atoms with E-state index in [1.165, 1.54) is 0 Å². The Kier molecular flexibility index (Phi) is 1.53. The second-order valence-corrected chi connectivity index (χ2v) is 1.93. The predicted molar refractivity (Wildman–Crippen MR) is 30.2 cm³/mol. The van der Waals surface area contributed by atoms with E-state index in [0.29, 0.717) is 5.92 Å². The van der Waals surface area contributed by atoms with Gasteiger partial charge in [-0.1, -0.05) is 6.92 Å². The fourth-order valence-corrected chi connectivity index (χ4v) is 0.732. The van der Waals surface area contributed by atoms with Gasteiger partial charge in [-0.3, -0.25) is 0 Å². The van der Waals surface area contributed by atoms with Gasteiger partial charge in [-0.05, 0) is 6.08 Å². The molecule has 2 unspecified atom stereocenters. The second kappa shape index (κ2) is 2.18. The van der Waals surface area contributed by atoms with Gasteiger partial charge in [0.05, 0.1) is 6.26 Å². The summed E-state index contributed by atoms with van der Waals surface area (Å²) in [6.45, 7) is 2.05. The van der Waals surface area contributed by atoms with Gasteiger partial charge in [0.15, 0.2) is 0 Å². The lowest BCUT2D eigenvalue weighted by atomic mass is 10.2. The van der Waals surface area contributed by atoms with Crippen molar-refractivity contribution in [1.82, 2.24) is 0 Å². The van der Waals surface area contributed by atoms with Gasteiger partial charge in [-0.15, -0.1) is 0 Å². The van der Waals surface area contributed by atoms with E-state index >= 15 is 0 Å². The van der Waals surface area contributed by atoms with Crippen molar-refractivity contribution in [1.29, 1.82) is 0 Å². The lowest BCUT2D eigenvalue weighted by molar-refractivity contribution is -0.0883. The zero-order valence-electron chi connectivity index (χ0n) is 5.13. The van der Waals surface area contributed by atoms with Gasteiger partial charge in [0.25, 0.3) is 0 Å². The molecule has 0 saturated carbocycles. The Morgan fingerprint density at radius 3 is 2.62 bits per heavy atom. The third-order valence-electron chi connectivity index (χ3n) is 1.26. The maximum atomic E-state index is 5.01. The third kappa shape index (κ3) is 0.842. The first-order chi connectivity index (χ1) is 3.84. The Bertz CT molecular complexity index is 98.7. The molecule has 0 fully saturated rings. The summed E-state index contributed by atoms with van der Waals surface area (Å²) in [4.78, 5) is 0. The van der Waals surface area contributed by atoms with Crippen LogP contribution in [0.25, 0.3) is 0 Å². The largest absolute Gasteiger partial charge is 0.472 e. The van der Waals surface area contributed by atoms with Crippen molar-refractivity contribution < 1.29 is 9.47 Å². The molecule has 1 rings (SSSR count). The average molecular weight is 114 g/mol. The Morgan fingerprint density at radius 2 is 2.38 bits per heavy atom. The lowest BCUT2D eigenvalue weighted by Gasteiger charge is -2.11. The van der Waals surface area contributed by atoms with Crippen LogP contribution in [0.1, 0.15) is 6.92 Å². The lowest BCUT2D eigenvalue weighted by Crippen LogP contribution is -2.15. The summed E-state index contributed by atoms with van der Waals surface area (Å²) < 4.78 is 9.95. The average Bonchev–Trinajstić information content (AvgIpc) is 2.14. The molecule has 2 heteroatoms. The minimum absolute atomic E-state index is 0.0463. The van der Waals surface area contributed by atoms with E-state index in [9.17, 15) is 0 Å². The zero-order valence-corrected chi connectivity index (χ0v) is 5.13. The molecule has 0 aromatic heterocycles. The van der Waals surface area contributed by atoms with Gasteiger partial charge in [-0.2, -0.15) is 0 Å². The van der Waals surface area contributed by atoms with E-state index < -0.39 is 0 Å². The fraction of sp³-hybridized carbons (Fsp3) is 0.667. The van der Waals surface area contributed by atoms with Gasteiger partial charge in [0.1, 0.15) is 0 Å². The molecule has 0 N–H and O–H groups in total. The van der Waals surface area contributed by atoms with Gasteiger partial charge in [-0.25, -0.2) is 0 Å². The van der Waals surface area contributed by atoms with Gasteiger partial charge in [0, 0.05) is 13.0 Å². The van der Waals surface area contributed by atoms with Crippen LogP contribution in [0, 0.1) is 5.92 Å². The van der Waals surface area contributed by atoms with E-state index in [1.54, 1.807) is 13.4 Å². The standard InChI is InChI=1S/C6H10O2/c1-5-3-4-8-6(5)7-2/h3-6H,1-2H3. The summed E-state index contributed by atoms with van der Waals surface area (Å²) in [6, 6.07) is 0. The highest BCUT2D eigenvalue weighted by atomic mass is 16.7. The van der Waals surface area contributed by atoms with E-state index in [-0.39, 0.29) is 6.29 Å². The zero-order chi connectivity index (χ0) is 5.98. The van der Waals surface area contributed by atoms with Gasteiger partial charge < -0.3 is 9.47 Å². The summed E-state index contributed by atoms with van der Waals surface area (Å²) >= 11 is 0. The van der Waals surface area contributed by atoms with Crippen molar-refractivity contribution in [2.24, 2.45) is 5.92 Å². The second-order valence-electron chi connectivity index (χ2n) is 1.93. The summed E-state index contributed by atoms with van der Waals surface area (Å²) in [6.07, 6.45) is 3.61. The molecule has 0 radical (unpaired) electrons. The van der Waals surface area contributed by atoms with Crippen LogP contribution in [0.5, 0.6) is 0 Å². The van der Waals surface area contributed by atoms with Crippen LogP contribution in [0.3, 0.4) is 0 Å². The van der Waals surface area contributed by atoms with E-state index in [0.717, 1.165) is 0 Å². The van der Waals surface area contributed by atoms with Crippen LogP contribution in [-0.4, -0.2) is 13.4 Å². The smallest absolute Gasteiger partial charge is 0.204 e. The van der Waals surface area contributed by atoms with Gasteiger partial charge >= 0.3 is 0 Å². The first kappa shape index (κ1) is 5.63. The molecule has 0 aliphatic carbocycles. The number of rotatable bonds is 1. The molecule has 8 heavy (non-hydrogen) atoms. The number of methoxy groups -OCH3 is 1. The summed E-state index contributed by atoms with van der Waals surface area (Å²) in [5.74, 6) is 0.403. The molecule has 2 nitrogen and oxygen atoms in total. The fourth-order valence-electron chi connectivity index (χ4n) is 0.732. The highest BCUT2D eigenvalue weighted by molar-refractivity contribution is 4.89. The molecular weight excluding hydrogens is 104 g/mol. The molecule has 1 aliphatic heterocycles. The molecule has 1 aliphatic rings. The Morgan fingerprint density at radius 1 is 1.62 bits per heavy atom. The summed E-state index contributed by atoms with van der Waals surface area (Å²) in [5, 5.41) is 0. The Labute approximate surface area is 49.1 Å². The molecule has 0 aromatic rings. The van der Waals surface area contributed by atoms with Crippen molar-refractivity contribution in [3.63, 3.8) is 0 Å². The van der Waals surface area contributed by atoms with Crippen molar-refractivity contribution in [2.75, 3.05) is 7.11 Å². The van der Waals surface area contributed by atoms with Crippen LogP contribution < -0.4 is 0 Å². The van der Waals surface area contributed by atoms with E-state index in [1.807, 2.05) is 6.08 Å². The third-order valence-corrected chi connectivity index (χ3v) is 1.26. The molecule has 0 bridgehead atoms. The predicted octanol–water partition coefficient (Wildman–Crippen LogP) is 1.14. The number of hydrogen-bond acceptors (Lipinski definition) is 2. The first-order valence-electron chi connectivity index (χ1n) is 2.69. The van der Waals surface area contributed by atoms with Crippen LogP contribution >= 0.6 is 0 Å². The highest BCUT2D eigenvalue weighted by Crippen LogP contribution is 2.16. The minimum atomic E-state index is -0.0463. The summed E-state index contributed by atoms with van der Waals surface area (Å²) in [7, 11) is 1.65. The molecular formula is C6H10O2. The molecule has 2 atom stereocenters. The number of ether oxygens (including phenoxy) is 2. The van der Waals surface area contributed by atoms with Crippen molar-refractivity contribution in [3.05, 3.63) is 12.3 Å². The maximum Gasteiger partial charge on any atom is 0.204 e. The normalized spacial score (nSPS) is 35.2. The quantitative estimate of drug-likeness (QED) is 0.509. The molecule has 0 spiro atoms. The molecule has 0 aromatic carbocycles. The van der Waals surface area contributed by atoms with Crippen molar-refractivity contribution >= 4 is 0 Å². The van der Waals surface area contributed by atoms with Gasteiger partial charge in [0.2, 0.25) is 6.29 Å². The van der Waals surface area contributed by atoms with Crippen LogP contribution in [0.4, 0.5) is 0 Å². The maximum absolute atomic E-state index is 5.01. The Balaban J connectivity index is 2.38. The molecule has 0 amide bonds. The number of hydrogen-bond donors (Lipinski definition) is 0. The minimum Gasteiger partial charge on any atom is -0.472 e. The van der Waals surface area contributed by atoms with E-state index in [4.69, 9.17) is 9.47 Å². The van der Waals surface area contributed by atoms with Crippen LogP contribution in [0.2, 0.25) is 0 Å². The summed E-state index contributed by atoms with van der Waals surface area (Å²) in [5.41, 5.74) is 0. The molecule has 0 saturated heterocycles. The topological polar surface area (TPSA) is 18.5 Å². The van der Waals surface area contributed by atoms with Crippen molar-refractivity contribution in [2.45, 2.75) is 13.2 Å². The molecule has 1 heterocycles. The Hall–Kier alpha value is -0.500. The molecule has 46 valence electrons. The SMILES string of the molecule is COC1OC=CC1C. The highest BCUT2D eigenvalue weighted by Gasteiger charge is 2.18. The van der Waals surface area contributed by atoms with Crippen molar-refractivity contribution in [3.8, 4) is 0 Å². The van der Waals surface area contributed by atoms with Crippen LogP contribution in [-0.2, 0) is 9.47 Å². The first-order valence-corrected chi connectivity index (χ1v) is 2.69. The van der Waals surface area contributed by atoms with E-state index in [2.05, 4.69) is 6.92 Å². The monoisotopic (exact) mass is 114 g/mol. The van der Waals surface area contributed by atoms with Crippen LogP contribution in [0.15, 0.2) is 12.3 Å².